The first-order valence-electron chi connectivity index (χ1n) is 8.33. The summed E-state index contributed by atoms with van der Waals surface area (Å²) in [7, 11) is 3.78. The summed E-state index contributed by atoms with van der Waals surface area (Å²) in [6.45, 7) is 5.53. The van der Waals surface area contributed by atoms with Gasteiger partial charge >= 0.3 is 0 Å². The minimum atomic E-state index is 0.286. The third-order valence-corrected chi connectivity index (χ3v) is 4.79. The molecule has 0 saturated heterocycles. The summed E-state index contributed by atoms with van der Waals surface area (Å²) in [5, 5.41) is 3.37. The molecule has 0 spiro atoms. The van der Waals surface area contributed by atoms with Crippen LogP contribution >= 0.6 is 0 Å². The van der Waals surface area contributed by atoms with Crippen molar-refractivity contribution in [1.29, 1.82) is 0 Å². The van der Waals surface area contributed by atoms with E-state index in [-0.39, 0.29) is 6.04 Å². The molecule has 3 heteroatoms. The van der Waals surface area contributed by atoms with Crippen molar-refractivity contribution < 1.29 is 4.74 Å². The van der Waals surface area contributed by atoms with E-state index in [1.807, 2.05) is 7.05 Å². The number of methoxy groups -OCH3 is 1. The highest BCUT2D eigenvalue weighted by molar-refractivity contribution is 5.61. The largest absolute Gasteiger partial charge is 0.496 e. The highest BCUT2D eigenvalue weighted by Crippen LogP contribution is 2.37. The predicted octanol–water partition coefficient (Wildman–Crippen LogP) is 4.13. The van der Waals surface area contributed by atoms with Crippen LogP contribution in [0.2, 0.25) is 0 Å². The molecule has 1 atom stereocenters. The van der Waals surface area contributed by atoms with Crippen molar-refractivity contribution in [2.45, 2.75) is 58.0 Å². The molecule has 0 aromatic heterocycles. The Morgan fingerprint density at radius 2 is 2.00 bits per heavy atom. The zero-order valence-corrected chi connectivity index (χ0v) is 14.0. The van der Waals surface area contributed by atoms with Gasteiger partial charge in [-0.05, 0) is 45.9 Å². The summed E-state index contributed by atoms with van der Waals surface area (Å²) < 4.78 is 5.62. The van der Waals surface area contributed by atoms with Crippen molar-refractivity contribution in [1.82, 2.24) is 5.32 Å². The molecule has 21 heavy (non-hydrogen) atoms. The third-order valence-electron chi connectivity index (χ3n) is 4.79. The smallest absolute Gasteiger partial charge is 0.125 e. The van der Waals surface area contributed by atoms with Crippen LogP contribution in [-0.2, 0) is 0 Å². The van der Waals surface area contributed by atoms with Gasteiger partial charge in [-0.3, -0.25) is 0 Å². The predicted molar refractivity (Wildman–Crippen MR) is 90.4 cm³/mol. The molecule has 1 saturated carbocycles. The van der Waals surface area contributed by atoms with Gasteiger partial charge in [0.2, 0.25) is 0 Å². The molecule has 0 heterocycles. The Bertz CT molecular complexity index is 441. The molecule has 0 bridgehead atoms. The Morgan fingerprint density at radius 1 is 1.29 bits per heavy atom. The number of hydrogen-bond donors (Lipinski definition) is 1. The lowest BCUT2D eigenvalue weighted by molar-refractivity contribution is 0.399. The highest BCUT2D eigenvalue weighted by Gasteiger charge is 2.25. The van der Waals surface area contributed by atoms with Crippen LogP contribution < -0.4 is 15.0 Å². The molecule has 1 aromatic carbocycles. The maximum absolute atomic E-state index is 5.62. The second-order valence-electron chi connectivity index (χ2n) is 5.98. The molecular formula is C18H30N2O. The van der Waals surface area contributed by atoms with Crippen LogP contribution in [0, 0.1) is 0 Å². The molecule has 2 rings (SSSR count). The van der Waals surface area contributed by atoms with Gasteiger partial charge in [0.15, 0.2) is 0 Å². The maximum atomic E-state index is 5.62. The van der Waals surface area contributed by atoms with E-state index in [2.05, 4.69) is 42.3 Å². The van der Waals surface area contributed by atoms with Gasteiger partial charge < -0.3 is 15.0 Å². The first kappa shape index (κ1) is 16.2. The lowest BCUT2D eigenvalue weighted by Gasteiger charge is -2.37. The maximum Gasteiger partial charge on any atom is 0.125 e. The van der Waals surface area contributed by atoms with E-state index >= 15 is 0 Å². The fourth-order valence-corrected chi connectivity index (χ4v) is 3.56. The minimum absolute atomic E-state index is 0.286. The fraction of sp³-hybridized carbons (Fsp3) is 0.667. The number of nitrogens with zero attached hydrogens (tertiary/aromatic N) is 1. The van der Waals surface area contributed by atoms with Crippen molar-refractivity contribution in [3.63, 3.8) is 0 Å². The highest BCUT2D eigenvalue weighted by atomic mass is 16.5. The van der Waals surface area contributed by atoms with E-state index in [0.29, 0.717) is 6.04 Å². The van der Waals surface area contributed by atoms with Gasteiger partial charge in [0.05, 0.1) is 7.11 Å². The van der Waals surface area contributed by atoms with Crippen molar-refractivity contribution in [2.24, 2.45) is 0 Å². The van der Waals surface area contributed by atoms with Crippen LogP contribution in [0.4, 0.5) is 5.69 Å². The molecule has 1 aromatic rings. The average molecular weight is 290 g/mol. The topological polar surface area (TPSA) is 24.5 Å². The molecule has 0 aliphatic heterocycles. The second kappa shape index (κ2) is 7.69. The molecule has 1 N–H and O–H groups in total. The van der Waals surface area contributed by atoms with Gasteiger partial charge in [0, 0.05) is 29.9 Å². The third kappa shape index (κ3) is 3.52. The Balaban J connectivity index is 2.39. The van der Waals surface area contributed by atoms with Gasteiger partial charge in [-0.1, -0.05) is 25.3 Å². The SMILES string of the molecule is CCN(c1cccc(OC)c1C(C)NC)C1CCCCC1. The van der Waals surface area contributed by atoms with E-state index in [4.69, 9.17) is 4.74 Å². The molecule has 0 radical (unpaired) electrons. The number of rotatable bonds is 6. The molecule has 1 fully saturated rings. The molecular weight excluding hydrogens is 260 g/mol. The Hall–Kier alpha value is -1.22. The van der Waals surface area contributed by atoms with Crippen molar-refractivity contribution in [2.75, 3.05) is 25.6 Å². The van der Waals surface area contributed by atoms with Crippen LogP contribution in [0.3, 0.4) is 0 Å². The minimum Gasteiger partial charge on any atom is -0.496 e. The summed E-state index contributed by atoms with van der Waals surface area (Å²) in [6, 6.07) is 7.41. The van der Waals surface area contributed by atoms with Gasteiger partial charge in [-0.2, -0.15) is 0 Å². The fourth-order valence-electron chi connectivity index (χ4n) is 3.56. The summed E-state index contributed by atoms with van der Waals surface area (Å²) >= 11 is 0. The van der Waals surface area contributed by atoms with Crippen molar-refractivity contribution in [3.8, 4) is 5.75 Å². The lowest BCUT2D eigenvalue weighted by Crippen LogP contribution is -2.37. The first-order valence-corrected chi connectivity index (χ1v) is 8.33. The van der Waals surface area contributed by atoms with Gasteiger partial charge in [0.1, 0.15) is 5.75 Å². The number of benzene rings is 1. The zero-order chi connectivity index (χ0) is 15.2. The first-order chi connectivity index (χ1) is 10.2. The van der Waals surface area contributed by atoms with Crippen LogP contribution in [0.5, 0.6) is 5.75 Å². The Labute approximate surface area is 129 Å². The summed E-state index contributed by atoms with van der Waals surface area (Å²) in [5.41, 5.74) is 2.63. The second-order valence-corrected chi connectivity index (χ2v) is 5.98. The number of nitrogens with one attached hydrogen (secondary N) is 1. The number of anilines is 1. The molecule has 1 aliphatic carbocycles. The monoisotopic (exact) mass is 290 g/mol. The summed E-state index contributed by atoms with van der Waals surface area (Å²) in [5.74, 6) is 0.989. The van der Waals surface area contributed by atoms with Gasteiger partial charge in [0.25, 0.3) is 0 Å². The zero-order valence-electron chi connectivity index (χ0n) is 14.0. The summed E-state index contributed by atoms with van der Waals surface area (Å²) in [4.78, 5) is 2.59. The van der Waals surface area contributed by atoms with Crippen LogP contribution in [0.25, 0.3) is 0 Å². The van der Waals surface area contributed by atoms with E-state index < -0.39 is 0 Å². The van der Waals surface area contributed by atoms with Crippen molar-refractivity contribution >= 4 is 5.69 Å². The van der Waals surface area contributed by atoms with E-state index in [9.17, 15) is 0 Å². The Kier molecular flexibility index (Phi) is 5.92. The van der Waals surface area contributed by atoms with Crippen LogP contribution in [0.15, 0.2) is 18.2 Å². The normalized spacial score (nSPS) is 17.5. The number of ether oxygens (including phenoxy) is 1. The molecule has 118 valence electrons. The van der Waals surface area contributed by atoms with Crippen molar-refractivity contribution in [3.05, 3.63) is 23.8 Å². The van der Waals surface area contributed by atoms with E-state index in [1.54, 1.807) is 7.11 Å². The number of hydrogen-bond acceptors (Lipinski definition) is 3. The lowest BCUT2D eigenvalue weighted by atomic mass is 9.92. The molecule has 1 unspecified atom stereocenters. The van der Waals surface area contributed by atoms with Gasteiger partial charge in [-0.25, -0.2) is 0 Å². The van der Waals surface area contributed by atoms with Crippen LogP contribution in [-0.4, -0.2) is 26.7 Å². The molecule has 3 nitrogen and oxygen atoms in total. The molecule has 1 aliphatic rings. The molecule has 0 amide bonds. The van der Waals surface area contributed by atoms with Crippen LogP contribution in [0.1, 0.15) is 57.6 Å². The standard InChI is InChI=1S/C18H30N2O/c1-5-20(15-10-7-6-8-11-15)16-12-9-13-17(21-4)18(16)14(2)19-3/h9,12-15,19H,5-8,10-11H2,1-4H3. The van der Waals surface area contributed by atoms with E-state index in [1.165, 1.54) is 43.4 Å². The quantitative estimate of drug-likeness (QED) is 0.852. The van der Waals surface area contributed by atoms with Gasteiger partial charge in [-0.15, -0.1) is 0 Å². The summed E-state index contributed by atoms with van der Waals surface area (Å²) in [6.07, 6.45) is 6.76. The van der Waals surface area contributed by atoms with E-state index in [0.717, 1.165) is 12.3 Å². The Morgan fingerprint density at radius 3 is 2.57 bits per heavy atom. The average Bonchev–Trinajstić information content (AvgIpc) is 2.55.